The highest BCUT2D eigenvalue weighted by Gasteiger charge is 2.58. The molecule has 2 amide bonds. The normalized spacial score (nSPS) is 49.6. The van der Waals surface area contributed by atoms with Gasteiger partial charge in [0.2, 0.25) is 11.8 Å². The standard InChI is InChI=1S/C34H58N2O25/c1-8-17(43)21(47)23(49)32(53-8)60-28-16(36-10(3)42)31(57-14(7-40)27(28)59-33-24(50)22(48)18(44)11(4-37)55-33)61-29-19(45)12(5-38)56-34(25(29)51)58-26-13(6-39)54-30(52)15(20(26)46)35-9(2)41/h8,11-34,37-40,43-52H,4-7H2,1-3H3,(H,35,41)(H,36,42)/t8-,11+,12+,13+,14+,15+,16+,17+,18-,19-,20+,21+,22-,23-,24+,25+,26+,27+,28+,29-,30?,31-,32-,33-,34-/m0/s1. The van der Waals surface area contributed by atoms with Crippen molar-refractivity contribution >= 4 is 11.8 Å². The van der Waals surface area contributed by atoms with Crippen molar-refractivity contribution in [2.24, 2.45) is 0 Å². The first kappa shape index (κ1) is 50.0. The van der Waals surface area contributed by atoms with E-state index in [2.05, 4.69) is 10.6 Å². The van der Waals surface area contributed by atoms with Crippen LogP contribution >= 0.6 is 0 Å². The number of nitrogens with one attached hydrogen (secondary N) is 2. The average Bonchev–Trinajstić information content (AvgIpc) is 3.22. The quantitative estimate of drug-likeness (QED) is 0.0770. The van der Waals surface area contributed by atoms with E-state index in [-0.39, 0.29) is 0 Å². The van der Waals surface area contributed by atoms with Crippen molar-refractivity contribution in [1.29, 1.82) is 0 Å². The Morgan fingerprint density at radius 1 is 0.426 bits per heavy atom. The van der Waals surface area contributed by atoms with E-state index >= 15 is 0 Å². The number of carbonyl (C=O) groups is 2. The summed E-state index contributed by atoms with van der Waals surface area (Å²) in [7, 11) is 0. The maximum Gasteiger partial charge on any atom is 0.217 e. The predicted octanol–water partition coefficient (Wildman–Crippen LogP) is -10.6. The predicted molar refractivity (Wildman–Crippen MR) is 188 cm³/mol. The summed E-state index contributed by atoms with van der Waals surface area (Å²) in [5.74, 6) is -1.53. The van der Waals surface area contributed by atoms with Gasteiger partial charge in [0, 0.05) is 13.8 Å². The molecule has 5 fully saturated rings. The Kier molecular flexibility index (Phi) is 17.5. The Bertz CT molecular complexity index is 1420. The molecule has 5 aliphatic heterocycles. The Morgan fingerprint density at radius 3 is 1.41 bits per heavy atom. The van der Waals surface area contributed by atoms with Crippen molar-refractivity contribution in [2.45, 2.75) is 174 Å². The molecule has 0 aromatic rings. The highest BCUT2D eigenvalue weighted by Crippen LogP contribution is 2.37. The van der Waals surface area contributed by atoms with Gasteiger partial charge in [-0.25, -0.2) is 0 Å². The first-order valence-electron chi connectivity index (χ1n) is 19.5. The molecule has 16 N–H and O–H groups in total. The van der Waals surface area contributed by atoms with Gasteiger partial charge in [0.15, 0.2) is 31.5 Å². The minimum atomic E-state index is -2.13. The number of carbonyl (C=O) groups excluding carboxylic acids is 2. The molecule has 0 saturated carbocycles. The fraction of sp³-hybridized carbons (Fsp3) is 0.941. The lowest BCUT2D eigenvalue weighted by molar-refractivity contribution is -0.390. The van der Waals surface area contributed by atoms with Gasteiger partial charge in [0.1, 0.15) is 116 Å². The Labute approximate surface area is 346 Å². The van der Waals surface area contributed by atoms with E-state index in [1.165, 1.54) is 6.92 Å². The molecule has 5 aliphatic rings. The summed E-state index contributed by atoms with van der Waals surface area (Å²) < 4.78 is 52.0. The minimum absolute atomic E-state index is 0.697. The fourth-order valence-corrected chi connectivity index (χ4v) is 7.77. The molecule has 5 heterocycles. The highest BCUT2D eigenvalue weighted by molar-refractivity contribution is 5.73. The number of aliphatic hydroxyl groups excluding tert-OH is 14. The van der Waals surface area contributed by atoms with Gasteiger partial charge in [-0.15, -0.1) is 0 Å². The highest BCUT2D eigenvalue weighted by atomic mass is 16.8. The SMILES string of the molecule is CC(=O)N[C@H]1[C@H](O[C@H]2[C@@H](O)[C@@H](CO)O[C@@H](O[C@H]3[C@H](O)[C@@H](NC(C)=O)C(O)O[C@@H]3CO)[C@@H]2O)O[C@H](CO)[C@@H](O[C@@H]2O[C@H](CO)[C@H](O)[C@H](O)[C@H]2O)[C@@H]1O[C@@H]1O[C@@H](C)[C@@H](O)[C@@H](O)[C@@H]1O. The summed E-state index contributed by atoms with van der Waals surface area (Å²) >= 11 is 0. The number of ether oxygens (including phenoxy) is 9. The summed E-state index contributed by atoms with van der Waals surface area (Å²) in [4.78, 5) is 24.6. The third-order valence-corrected chi connectivity index (χ3v) is 11.1. The second-order valence-electron chi connectivity index (χ2n) is 15.4. The van der Waals surface area contributed by atoms with Crippen molar-refractivity contribution < 1.29 is 124 Å². The molecular weight excluding hydrogens is 836 g/mol. The average molecular weight is 895 g/mol. The van der Waals surface area contributed by atoms with Crippen molar-refractivity contribution in [2.75, 3.05) is 26.4 Å². The van der Waals surface area contributed by atoms with E-state index in [4.69, 9.17) is 42.6 Å². The molecule has 0 aromatic heterocycles. The summed E-state index contributed by atoms with van der Waals surface area (Å²) in [6.07, 6.45) is -41.5. The molecule has 354 valence electrons. The molecule has 0 radical (unpaired) electrons. The van der Waals surface area contributed by atoms with Crippen LogP contribution in [0.4, 0.5) is 0 Å². The molecular formula is C34H58N2O25. The molecule has 0 bridgehead atoms. The van der Waals surface area contributed by atoms with E-state index in [9.17, 15) is 81.1 Å². The maximum absolute atomic E-state index is 12.8. The fourth-order valence-electron chi connectivity index (χ4n) is 7.77. The molecule has 0 spiro atoms. The number of rotatable bonds is 14. The minimum Gasteiger partial charge on any atom is -0.394 e. The lowest BCUT2D eigenvalue weighted by Crippen LogP contribution is -2.71. The summed E-state index contributed by atoms with van der Waals surface area (Å²) in [5.41, 5.74) is 0. The van der Waals surface area contributed by atoms with Crippen molar-refractivity contribution in [1.82, 2.24) is 10.6 Å². The van der Waals surface area contributed by atoms with Gasteiger partial charge in [-0.3, -0.25) is 9.59 Å². The molecule has 5 rings (SSSR count). The molecule has 5 saturated heterocycles. The molecule has 0 aliphatic carbocycles. The van der Waals surface area contributed by atoms with Crippen LogP contribution in [0.15, 0.2) is 0 Å². The van der Waals surface area contributed by atoms with Gasteiger partial charge in [-0.1, -0.05) is 0 Å². The van der Waals surface area contributed by atoms with E-state index in [1.807, 2.05) is 0 Å². The van der Waals surface area contributed by atoms with Crippen molar-refractivity contribution in [3.8, 4) is 0 Å². The zero-order valence-corrected chi connectivity index (χ0v) is 33.0. The largest absolute Gasteiger partial charge is 0.394 e. The van der Waals surface area contributed by atoms with Crippen molar-refractivity contribution in [3.05, 3.63) is 0 Å². The van der Waals surface area contributed by atoms with Gasteiger partial charge >= 0.3 is 0 Å². The summed E-state index contributed by atoms with van der Waals surface area (Å²) in [5, 5.41) is 153. The zero-order valence-electron chi connectivity index (χ0n) is 33.0. The van der Waals surface area contributed by atoms with Gasteiger partial charge < -0.3 is 125 Å². The molecule has 1 unspecified atom stereocenters. The van der Waals surface area contributed by atoms with Crippen molar-refractivity contribution in [3.63, 3.8) is 0 Å². The van der Waals surface area contributed by atoms with E-state index in [0.29, 0.717) is 0 Å². The molecule has 27 heteroatoms. The number of aliphatic hydroxyl groups is 14. The Morgan fingerprint density at radius 2 is 0.852 bits per heavy atom. The smallest absolute Gasteiger partial charge is 0.217 e. The van der Waals surface area contributed by atoms with Crippen LogP contribution in [0.1, 0.15) is 20.8 Å². The molecule has 61 heavy (non-hydrogen) atoms. The van der Waals surface area contributed by atoms with Crippen LogP contribution < -0.4 is 10.6 Å². The molecule has 25 atom stereocenters. The first-order valence-corrected chi connectivity index (χ1v) is 19.5. The Balaban J connectivity index is 1.49. The lowest BCUT2D eigenvalue weighted by atomic mass is 9.93. The van der Waals surface area contributed by atoms with Crippen LogP contribution in [0.25, 0.3) is 0 Å². The van der Waals surface area contributed by atoms with Gasteiger partial charge in [-0.2, -0.15) is 0 Å². The summed E-state index contributed by atoms with van der Waals surface area (Å²) in [6.45, 7) is -0.302. The van der Waals surface area contributed by atoms with Gasteiger partial charge in [-0.05, 0) is 6.92 Å². The first-order chi connectivity index (χ1) is 28.8. The second-order valence-corrected chi connectivity index (χ2v) is 15.4. The Hall–Kier alpha value is -1.98. The zero-order chi connectivity index (χ0) is 45.2. The van der Waals surface area contributed by atoms with Crippen LogP contribution in [0.5, 0.6) is 0 Å². The van der Waals surface area contributed by atoms with Crippen LogP contribution in [0, 0.1) is 0 Å². The van der Waals surface area contributed by atoms with E-state index < -0.39 is 192 Å². The summed E-state index contributed by atoms with van der Waals surface area (Å²) in [6, 6.07) is -3.26. The third kappa shape index (κ3) is 10.8. The van der Waals surface area contributed by atoms with Crippen LogP contribution in [0.2, 0.25) is 0 Å². The lowest BCUT2D eigenvalue weighted by Gasteiger charge is -2.51. The van der Waals surface area contributed by atoms with Crippen LogP contribution in [-0.2, 0) is 52.2 Å². The van der Waals surface area contributed by atoms with Crippen LogP contribution in [0.3, 0.4) is 0 Å². The number of hydrogen-bond donors (Lipinski definition) is 16. The molecule has 0 aromatic carbocycles. The van der Waals surface area contributed by atoms with Crippen LogP contribution in [-0.4, -0.2) is 263 Å². The number of amides is 2. The molecule has 27 nitrogen and oxygen atoms in total. The topological polar surface area (TPSA) is 424 Å². The third-order valence-electron chi connectivity index (χ3n) is 11.1. The number of hydrogen-bond acceptors (Lipinski definition) is 25. The monoisotopic (exact) mass is 894 g/mol. The van der Waals surface area contributed by atoms with E-state index in [0.717, 1.165) is 13.8 Å². The second kappa shape index (κ2) is 21.3. The van der Waals surface area contributed by atoms with Gasteiger partial charge in [0.25, 0.3) is 0 Å². The van der Waals surface area contributed by atoms with E-state index in [1.54, 1.807) is 0 Å². The van der Waals surface area contributed by atoms with Gasteiger partial charge in [0.05, 0.1) is 32.5 Å². The maximum atomic E-state index is 12.8.